The summed E-state index contributed by atoms with van der Waals surface area (Å²) in [5.41, 5.74) is 1.79. The highest BCUT2D eigenvalue weighted by Crippen LogP contribution is 2.33. The molecule has 0 heterocycles. The normalized spacial score (nSPS) is 10.8. The zero-order chi connectivity index (χ0) is 21.9. The largest absolute Gasteiger partial charge is 0.497 e. The predicted molar refractivity (Wildman–Crippen MR) is 124 cm³/mol. The molecule has 0 bridgehead atoms. The van der Waals surface area contributed by atoms with E-state index in [1.165, 1.54) is 6.20 Å². The first-order valence-corrected chi connectivity index (χ1v) is 10.6. The van der Waals surface area contributed by atoms with Crippen molar-refractivity contribution in [2.45, 2.75) is 16.2 Å². The Morgan fingerprint density at radius 3 is 2.61 bits per heavy atom. The smallest absolute Gasteiger partial charge is 0.267 e. The summed E-state index contributed by atoms with van der Waals surface area (Å²) in [6, 6.07) is 27.2. The van der Waals surface area contributed by atoms with Crippen molar-refractivity contribution < 1.29 is 9.53 Å². The van der Waals surface area contributed by atoms with E-state index in [1.54, 1.807) is 18.9 Å². The Balaban J connectivity index is 1.60. The van der Waals surface area contributed by atoms with Gasteiger partial charge in [0.25, 0.3) is 5.91 Å². The summed E-state index contributed by atoms with van der Waals surface area (Å²) in [4.78, 5) is 14.6. The number of hydrogen-bond acceptors (Lipinski definition) is 5. The molecule has 3 rings (SSSR count). The molecular formula is C25H23N3O2S. The van der Waals surface area contributed by atoms with Crippen LogP contribution in [0.2, 0.25) is 0 Å². The summed E-state index contributed by atoms with van der Waals surface area (Å²) in [5.74, 6) is 0.356. The topological polar surface area (TPSA) is 74.1 Å². The zero-order valence-corrected chi connectivity index (χ0v) is 18.0. The van der Waals surface area contributed by atoms with Crippen LogP contribution in [0, 0.1) is 11.3 Å². The number of carbonyl (C=O) groups excluding carboxylic acids is 1. The number of nitriles is 1. The van der Waals surface area contributed by atoms with Gasteiger partial charge in [-0.1, -0.05) is 54.2 Å². The molecule has 0 unspecified atom stereocenters. The SMILES string of the molecule is COc1cccc(CCN/C=C(/C#N)C(=O)Nc2ccccc2Sc2ccccc2)c1. The predicted octanol–water partition coefficient (Wildman–Crippen LogP) is 5.02. The molecule has 0 atom stereocenters. The number of nitrogens with zero attached hydrogens (tertiary/aromatic N) is 1. The van der Waals surface area contributed by atoms with Crippen molar-refractivity contribution in [1.82, 2.24) is 5.32 Å². The molecule has 0 fully saturated rings. The van der Waals surface area contributed by atoms with E-state index in [2.05, 4.69) is 10.6 Å². The lowest BCUT2D eigenvalue weighted by Gasteiger charge is -2.10. The van der Waals surface area contributed by atoms with Gasteiger partial charge >= 0.3 is 0 Å². The molecule has 0 radical (unpaired) electrons. The molecule has 5 nitrogen and oxygen atoms in total. The van der Waals surface area contributed by atoms with Crippen LogP contribution in [0.5, 0.6) is 5.75 Å². The van der Waals surface area contributed by atoms with Crippen LogP contribution < -0.4 is 15.4 Å². The van der Waals surface area contributed by atoms with Crippen LogP contribution in [-0.4, -0.2) is 19.6 Å². The number of anilines is 1. The maximum absolute atomic E-state index is 12.6. The summed E-state index contributed by atoms with van der Waals surface area (Å²) < 4.78 is 5.22. The lowest BCUT2D eigenvalue weighted by molar-refractivity contribution is -0.112. The number of nitrogens with one attached hydrogen (secondary N) is 2. The van der Waals surface area contributed by atoms with Crippen LogP contribution >= 0.6 is 11.8 Å². The molecule has 0 aromatic heterocycles. The third-order valence-electron chi connectivity index (χ3n) is 4.41. The molecule has 3 aromatic carbocycles. The van der Waals surface area contributed by atoms with Crippen LogP contribution in [0.25, 0.3) is 0 Å². The number of benzene rings is 3. The lowest BCUT2D eigenvalue weighted by atomic mass is 10.1. The molecule has 0 aliphatic rings. The second-order valence-electron chi connectivity index (χ2n) is 6.59. The highest BCUT2D eigenvalue weighted by molar-refractivity contribution is 7.99. The van der Waals surface area contributed by atoms with Crippen molar-refractivity contribution in [2.24, 2.45) is 0 Å². The molecule has 0 saturated heterocycles. The molecule has 0 aliphatic heterocycles. The van der Waals surface area contributed by atoms with Crippen LogP contribution in [0.3, 0.4) is 0 Å². The number of amides is 1. The van der Waals surface area contributed by atoms with Crippen LogP contribution in [0.1, 0.15) is 5.56 Å². The Kier molecular flexibility index (Phi) is 8.15. The Bertz CT molecular complexity index is 1090. The second kappa shape index (κ2) is 11.5. The van der Waals surface area contributed by atoms with Gasteiger partial charge in [0.05, 0.1) is 12.8 Å². The van der Waals surface area contributed by atoms with Gasteiger partial charge in [-0.05, 0) is 48.4 Å². The van der Waals surface area contributed by atoms with E-state index < -0.39 is 5.91 Å². The molecule has 0 aliphatic carbocycles. The molecule has 156 valence electrons. The number of ether oxygens (including phenoxy) is 1. The molecule has 6 heteroatoms. The number of rotatable bonds is 9. The van der Waals surface area contributed by atoms with Crippen molar-refractivity contribution in [3.63, 3.8) is 0 Å². The molecule has 0 spiro atoms. The van der Waals surface area contributed by atoms with Crippen molar-refractivity contribution in [2.75, 3.05) is 19.0 Å². The fourth-order valence-electron chi connectivity index (χ4n) is 2.83. The molecule has 2 N–H and O–H groups in total. The Morgan fingerprint density at radius 2 is 1.84 bits per heavy atom. The Hall–Kier alpha value is -3.69. The minimum absolute atomic E-state index is 0.0187. The Morgan fingerprint density at radius 1 is 1.06 bits per heavy atom. The number of hydrogen-bond donors (Lipinski definition) is 2. The third-order valence-corrected chi connectivity index (χ3v) is 5.49. The van der Waals surface area contributed by atoms with Gasteiger partial charge in [-0.25, -0.2) is 0 Å². The monoisotopic (exact) mass is 429 g/mol. The molecule has 0 saturated carbocycles. The first kappa shape index (κ1) is 22.0. The van der Waals surface area contributed by atoms with Crippen LogP contribution in [-0.2, 0) is 11.2 Å². The van der Waals surface area contributed by atoms with E-state index >= 15 is 0 Å². The lowest BCUT2D eigenvalue weighted by Crippen LogP contribution is -2.18. The van der Waals surface area contributed by atoms with Gasteiger partial charge in [0.2, 0.25) is 0 Å². The van der Waals surface area contributed by atoms with Gasteiger partial charge in [0, 0.05) is 22.5 Å². The standard InChI is InChI=1S/C25H23N3O2S/c1-30-21-9-7-8-19(16-21)14-15-27-18-20(17-26)25(29)28-23-12-5-6-13-24(23)31-22-10-3-2-4-11-22/h2-13,16,18,27H,14-15H2,1H3,(H,28,29)/b20-18-. The van der Waals surface area contributed by atoms with Crippen LogP contribution in [0.15, 0.2) is 100 Å². The highest BCUT2D eigenvalue weighted by atomic mass is 32.2. The van der Waals surface area contributed by atoms with Crippen LogP contribution in [0.4, 0.5) is 5.69 Å². The number of carbonyl (C=O) groups is 1. The van der Waals surface area contributed by atoms with Gasteiger partial charge in [-0.2, -0.15) is 5.26 Å². The number of methoxy groups -OCH3 is 1. The fraction of sp³-hybridized carbons (Fsp3) is 0.120. The first-order valence-electron chi connectivity index (χ1n) is 9.79. The molecule has 1 amide bonds. The summed E-state index contributed by atoms with van der Waals surface area (Å²) in [7, 11) is 1.63. The summed E-state index contributed by atoms with van der Waals surface area (Å²) >= 11 is 1.55. The third kappa shape index (κ3) is 6.66. The molecule has 3 aromatic rings. The molecular weight excluding hydrogens is 406 g/mol. The second-order valence-corrected chi connectivity index (χ2v) is 7.71. The quantitative estimate of drug-likeness (QED) is 0.284. The van der Waals surface area contributed by atoms with Gasteiger partial charge in [0.1, 0.15) is 17.4 Å². The molecule has 31 heavy (non-hydrogen) atoms. The van der Waals surface area contributed by atoms with Gasteiger partial charge in [-0.3, -0.25) is 4.79 Å². The maximum atomic E-state index is 12.6. The zero-order valence-electron chi connectivity index (χ0n) is 17.2. The van der Waals surface area contributed by atoms with Gasteiger partial charge in [-0.15, -0.1) is 0 Å². The van der Waals surface area contributed by atoms with E-state index in [-0.39, 0.29) is 5.57 Å². The summed E-state index contributed by atoms with van der Waals surface area (Å²) in [6.45, 7) is 0.589. The maximum Gasteiger partial charge on any atom is 0.267 e. The van der Waals surface area contributed by atoms with E-state index in [9.17, 15) is 10.1 Å². The van der Waals surface area contributed by atoms with E-state index in [0.717, 1.165) is 27.5 Å². The summed E-state index contributed by atoms with van der Waals surface area (Å²) in [6.07, 6.45) is 2.20. The van der Waals surface area contributed by atoms with E-state index in [0.29, 0.717) is 12.2 Å². The average molecular weight is 430 g/mol. The Labute approximate surface area is 186 Å². The van der Waals surface area contributed by atoms with Gasteiger partial charge in [0.15, 0.2) is 0 Å². The fourth-order valence-corrected chi connectivity index (χ4v) is 3.75. The van der Waals surface area contributed by atoms with Crippen molar-refractivity contribution in [3.8, 4) is 11.8 Å². The van der Waals surface area contributed by atoms with Crippen molar-refractivity contribution in [3.05, 3.63) is 96.2 Å². The van der Waals surface area contributed by atoms with Crippen molar-refractivity contribution in [1.29, 1.82) is 5.26 Å². The van der Waals surface area contributed by atoms with E-state index in [1.807, 2.05) is 84.9 Å². The number of para-hydroxylation sites is 1. The minimum Gasteiger partial charge on any atom is -0.497 e. The van der Waals surface area contributed by atoms with E-state index in [4.69, 9.17) is 4.74 Å². The van der Waals surface area contributed by atoms with Crippen molar-refractivity contribution >= 4 is 23.4 Å². The van der Waals surface area contributed by atoms with Gasteiger partial charge < -0.3 is 15.4 Å². The minimum atomic E-state index is -0.447. The average Bonchev–Trinajstić information content (AvgIpc) is 2.81. The summed E-state index contributed by atoms with van der Waals surface area (Å²) in [5, 5.41) is 15.3. The first-order chi connectivity index (χ1) is 15.2. The highest BCUT2D eigenvalue weighted by Gasteiger charge is 2.12.